The van der Waals surface area contributed by atoms with Crippen LogP contribution in [0.25, 0.3) is 10.9 Å². The van der Waals surface area contributed by atoms with Gasteiger partial charge in [-0.2, -0.15) is 8.42 Å². The van der Waals surface area contributed by atoms with E-state index in [1.807, 2.05) is 12.1 Å². The maximum atomic E-state index is 12.3. The second kappa shape index (κ2) is 4.61. The van der Waals surface area contributed by atoms with E-state index in [1.165, 1.54) is 10.8 Å². The average molecular weight is 288 g/mol. The van der Waals surface area contributed by atoms with E-state index < -0.39 is 10.0 Å². The molecule has 0 spiro atoms. The molecule has 0 atom stereocenters. The minimum Gasteiger partial charge on any atom is -0.323 e. The lowest BCUT2D eigenvalue weighted by Gasteiger charge is -2.09. The fourth-order valence-corrected chi connectivity index (χ4v) is 3.17. The number of hydrogen-bond donors (Lipinski definition) is 1. The molecule has 3 rings (SSSR count). The van der Waals surface area contributed by atoms with Gasteiger partial charge in [0.25, 0.3) is 10.0 Å². The fraction of sp³-hybridized carbons (Fsp3) is 0.0769. The Morgan fingerprint density at radius 3 is 2.65 bits per heavy atom. The molecule has 0 radical (unpaired) electrons. The van der Waals surface area contributed by atoms with Crippen molar-refractivity contribution in [3.05, 3.63) is 48.9 Å². The van der Waals surface area contributed by atoms with Crippen LogP contribution in [0.15, 0.2) is 54.1 Å². The Morgan fingerprint density at radius 2 is 1.90 bits per heavy atom. The van der Waals surface area contributed by atoms with Crippen molar-refractivity contribution in [2.75, 3.05) is 4.72 Å². The van der Waals surface area contributed by atoms with Gasteiger partial charge in [0.05, 0.1) is 11.2 Å². The quantitative estimate of drug-likeness (QED) is 0.797. The zero-order valence-electron chi connectivity index (χ0n) is 10.7. The van der Waals surface area contributed by atoms with Crippen LogP contribution in [0.1, 0.15) is 0 Å². The number of para-hydroxylation sites is 1. The van der Waals surface area contributed by atoms with Crippen LogP contribution in [0.3, 0.4) is 0 Å². The van der Waals surface area contributed by atoms with Crippen molar-refractivity contribution >= 4 is 26.6 Å². The first-order chi connectivity index (χ1) is 9.58. The SMILES string of the molecule is Cn1ccnc1S(=O)(=O)Nc1cccc2cccnc12. The Bertz CT molecular complexity index is 865. The van der Waals surface area contributed by atoms with Crippen LogP contribution in [0, 0.1) is 0 Å². The van der Waals surface area contributed by atoms with Crippen LogP contribution in [-0.2, 0) is 17.1 Å². The smallest absolute Gasteiger partial charge is 0.295 e. The molecule has 0 amide bonds. The largest absolute Gasteiger partial charge is 0.323 e. The van der Waals surface area contributed by atoms with Crippen LogP contribution >= 0.6 is 0 Å². The number of nitrogens with one attached hydrogen (secondary N) is 1. The fourth-order valence-electron chi connectivity index (χ4n) is 1.99. The first-order valence-electron chi connectivity index (χ1n) is 5.92. The van der Waals surface area contributed by atoms with E-state index in [-0.39, 0.29) is 5.16 Å². The minimum absolute atomic E-state index is 0.0366. The van der Waals surface area contributed by atoms with Gasteiger partial charge >= 0.3 is 0 Å². The van der Waals surface area contributed by atoms with Gasteiger partial charge in [-0.05, 0) is 12.1 Å². The molecule has 0 aliphatic rings. The number of imidazole rings is 1. The van der Waals surface area contributed by atoms with E-state index in [0.717, 1.165) is 5.39 Å². The summed E-state index contributed by atoms with van der Waals surface area (Å²) in [7, 11) is -2.10. The molecule has 7 heteroatoms. The minimum atomic E-state index is -3.73. The van der Waals surface area contributed by atoms with Gasteiger partial charge in [-0.25, -0.2) is 4.98 Å². The number of fused-ring (bicyclic) bond motifs is 1. The third-order valence-corrected chi connectivity index (χ3v) is 4.26. The standard InChI is InChI=1S/C13H12N4O2S/c1-17-9-8-15-13(17)20(18,19)16-11-6-2-4-10-5-3-7-14-12(10)11/h2-9,16H,1H3. The molecule has 20 heavy (non-hydrogen) atoms. The molecule has 3 aromatic rings. The summed E-state index contributed by atoms with van der Waals surface area (Å²) in [6, 6.07) is 9.01. The number of benzene rings is 1. The van der Waals surface area contributed by atoms with Gasteiger partial charge in [-0.3, -0.25) is 9.71 Å². The molecule has 2 heterocycles. The number of hydrogen-bond acceptors (Lipinski definition) is 4. The summed E-state index contributed by atoms with van der Waals surface area (Å²) in [5.41, 5.74) is 1.04. The summed E-state index contributed by atoms with van der Waals surface area (Å²) in [6.07, 6.45) is 4.65. The highest BCUT2D eigenvalue weighted by Crippen LogP contribution is 2.23. The number of aryl methyl sites for hydroxylation is 1. The van der Waals surface area contributed by atoms with Crippen LogP contribution in [-0.4, -0.2) is 23.0 Å². The Hall–Kier alpha value is -2.41. The summed E-state index contributed by atoms with van der Waals surface area (Å²) in [6.45, 7) is 0. The van der Waals surface area contributed by atoms with Gasteiger partial charge in [0, 0.05) is 31.0 Å². The number of sulfonamides is 1. The van der Waals surface area contributed by atoms with E-state index in [4.69, 9.17) is 0 Å². The molecule has 0 fully saturated rings. The van der Waals surface area contributed by atoms with Crippen LogP contribution in [0.5, 0.6) is 0 Å². The highest BCUT2D eigenvalue weighted by molar-refractivity contribution is 7.92. The predicted molar refractivity (Wildman–Crippen MR) is 75.8 cm³/mol. The van der Waals surface area contributed by atoms with Gasteiger partial charge in [-0.1, -0.05) is 18.2 Å². The van der Waals surface area contributed by atoms with Gasteiger partial charge < -0.3 is 4.57 Å². The molecule has 102 valence electrons. The molecule has 0 bridgehead atoms. The molecule has 6 nitrogen and oxygen atoms in total. The zero-order chi connectivity index (χ0) is 14.2. The molecule has 1 N–H and O–H groups in total. The van der Waals surface area contributed by atoms with E-state index in [0.29, 0.717) is 11.2 Å². The Kier molecular flexibility index (Phi) is 2.90. The molecule has 0 aliphatic heterocycles. The first kappa shape index (κ1) is 12.6. The molecule has 0 unspecified atom stereocenters. The van der Waals surface area contributed by atoms with Crippen molar-refractivity contribution in [3.8, 4) is 0 Å². The van der Waals surface area contributed by atoms with Gasteiger partial charge in [0.15, 0.2) is 0 Å². The molecule has 2 aromatic heterocycles. The lowest BCUT2D eigenvalue weighted by molar-refractivity contribution is 0.584. The van der Waals surface area contributed by atoms with Crippen LogP contribution in [0.4, 0.5) is 5.69 Å². The highest BCUT2D eigenvalue weighted by Gasteiger charge is 2.20. The number of pyridine rings is 1. The third-order valence-electron chi connectivity index (χ3n) is 2.89. The Morgan fingerprint density at radius 1 is 1.10 bits per heavy atom. The monoisotopic (exact) mass is 288 g/mol. The van der Waals surface area contributed by atoms with E-state index >= 15 is 0 Å². The van der Waals surface area contributed by atoms with Crippen molar-refractivity contribution < 1.29 is 8.42 Å². The molecular formula is C13H12N4O2S. The molecule has 0 aliphatic carbocycles. The van der Waals surface area contributed by atoms with Crippen molar-refractivity contribution in [2.45, 2.75) is 5.16 Å². The first-order valence-corrected chi connectivity index (χ1v) is 7.40. The van der Waals surface area contributed by atoms with E-state index in [2.05, 4.69) is 14.7 Å². The van der Waals surface area contributed by atoms with Crippen LogP contribution in [0.2, 0.25) is 0 Å². The van der Waals surface area contributed by atoms with E-state index in [1.54, 1.807) is 37.6 Å². The average Bonchev–Trinajstić information content (AvgIpc) is 2.86. The molecule has 0 saturated carbocycles. The lowest BCUT2D eigenvalue weighted by atomic mass is 10.2. The Balaban J connectivity index is 2.08. The van der Waals surface area contributed by atoms with Crippen molar-refractivity contribution in [2.24, 2.45) is 7.05 Å². The summed E-state index contributed by atoms with van der Waals surface area (Å²) in [5.74, 6) is 0. The second-order valence-electron chi connectivity index (χ2n) is 4.31. The Labute approximate surface area is 116 Å². The van der Waals surface area contributed by atoms with Gasteiger partial charge in [0.1, 0.15) is 0 Å². The lowest BCUT2D eigenvalue weighted by Crippen LogP contribution is -2.17. The maximum Gasteiger partial charge on any atom is 0.295 e. The molecule has 0 saturated heterocycles. The summed E-state index contributed by atoms with van der Waals surface area (Å²) >= 11 is 0. The van der Waals surface area contributed by atoms with Crippen LogP contribution < -0.4 is 4.72 Å². The summed E-state index contributed by atoms with van der Waals surface area (Å²) in [4.78, 5) is 8.07. The highest BCUT2D eigenvalue weighted by atomic mass is 32.2. The number of rotatable bonds is 3. The van der Waals surface area contributed by atoms with E-state index in [9.17, 15) is 8.42 Å². The molecular weight excluding hydrogens is 276 g/mol. The van der Waals surface area contributed by atoms with Crippen molar-refractivity contribution in [1.29, 1.82) is 0 Å². The van der Waals surface area contributed by atoms with Gasteiger partial charge in [-0.15, -0.1) is 0 Å². The normalized spacial score (nSPS) is 11.7. The van der Waals surface area contributed by atoms with Gasteiger partial charge in [0.2, 0.25) is 5.16 Å². The number of aromatic nitrogens is 3. The number of anilines is 1. The second-order valence-corrected chi connectivity index (χ2v) is 5.88. The summed E-state index contributed by atoms with van der Waals surface area (Å²) < 4.78 is 28.6. The van der Waals surface area contributed by atoms with Crippen molar-refractivity contribution in [3.63, 3.8) is 0 Å². The zero-order valence-corrected chi connectivity index (χ0v) is 11.5. The molecule has 1 aromatic carbocycles. The third kappa shape index (κ3) is 2.12. The summed E-state index contributed by atoms with van der Waals surface area (Å²) in [5, 5.41) is 0.831. The van der Waals surface area contributed by atoms with Crippen molar-refractivity contribution in [1.82, 2.24) is 14.5 Å². The number of nitrogens with zero attached hydrogens (tertiary/aromatic N) is 3. The maximum absolute atomic E-state index is 12.3. The topological polar surface area (TPSA) is 76.9 Å². The predicted octanol–water partition coefficient (Wildman–Crippen LogP) is 1.77.